The van der Waals surface area contributed by atoms with Gasteiger partial charge in [0.2, 0.25) is 0 Å². The van der Waals surface area contributed by atoms with Crippen LogP contribution in [0.5, 0.6) is 0 Å². The molecule has 0 spiro atoms. The Morgan fingerprint density at radius 2 is 2.12 bits per heavy atom. The molecular weight excluding hydrogens is 342 g/mol. The predicted octanol–water partition coefficient (Wildman–Crippen LogP) is 1.89. The normalized spacial score (nSPS) is 20.1. The second-order valence-electron chi connectivity index (χ2n) is 5.54. The van der Waals surface area contributed by atoms with Crippen molar-refractivity contribution in [3.63, 3.8) is 0 Å². The van der Waals surface area contributed by atoms with E-state index < -0.39 is 39.9 Å². The van der Waals surface area contributed by atoms with E-state index in [2.05, 4.69) is 4.72 Å². The monoisotopic (exact) mass is 362 g/mol. The lowest BCUT2D eigenvalue weighted by Crippen LogP contribution is -2.47. The third-order valence-corrected chi connectivity index (χ3v) is 5.55. The van der Waals surface area contributed by atoms with Crippen molar-refractivity contribution in [1.82, 2.24) is 9.03 Å². The molecule has 1 N–H and O–H groups in total. The van der Waals surface area contributed by atoms with Crippen LogP contribution < -0.4 is 4.72 Å². The molecule has 1 aliphatic heterocycles. The highest BCUT2D eigenvalue weighted by Crippen LogP contribution is 2.24. The molecule has 1 aromatic carbocycles. The smallest absolute Gasteiger partial charge is 0.324 e. The highest BCUT2D eigenvalue weighted by Gasteiger charge is 2.40. The van der Waals surface area contributed by atoms with Gasteiger partial charge in [0, 0.05) is 12.6 Å². The molecule has 0 aliphatic carbocycles. The van der Waals surface area contributed by atoms with Crippen LogP contribution in [0.3, 0.4) is 0 Å². The number of nitrogens with zero attached hydrogens (tertiary/aromatic N) is 1. The lowest BCUT2D eigenvalue weighted by molar-refractivity contribution is -0.146. The number of ether oxygens (including phenoxy) is 1. The van der Waals surface area contributed by atoms with E-state index in [-0.39, 0.29) is 18.7 Å². The molecule has 1 saturated heterocycles. The fourth-order valence-electron chi connectivity index (χ4n) is 2.64. The third-order valence-electron chi connectivity index (χ3n) is 3.84. The van der Waals surface area contributed by atoms with Crippen molar-refractivity contribution in [3.8, 4) is 0 Å². The highest BCUT2D eigenvalue weighted by molar-refractivity contribution is 7.87. The summed E-state index contributed by atoms with van der Waals surface area (Å²) < 4.78 is 59.7. The first-order valence-corrected chi connectivity index (χ1v) is 9.11. The Balaban J connectivity index is 2.14. The summed E-state index contributed by atoms with van der Waals surface area (Å²) in [5.74, 6) is -2.64. The van der Waals surface area contributed by atoms with Gasteiger partial charge in [-0.15, -0.1) is 0 Å². The van der Waals surface area contributed by atoms with Crippen molar-refractivity contribution in [2.75, 3.05) is 13.2 Å². The van der Waals surface area contributed by atoms with E-state index in [0.29, 0.717) is 12.8 Å². The molecule has 0 aromatic heterocycles. The minimum Gasteiger partial charge on any atom is -0.465 e. The molecule has 0 saturated carbocycles. The number of benzene rings is 1. The quantitative estimate of drug-likeness (QED) is 0.784. The first-order chi connectivity index (χ1) is 11.3. The Hall–Kier alpha value is -1.58. The van der Waals surface area contributed by atoms with Crippen LogP contribution in [-0.2, 0) is 19.7 Å². The van der Waals surface area contributed by atoms with Gasteiger partial charge in [-0.3, -0.25) is 4.79 Å². The number of carbonyl (C=O) groups is 1. The molecule has 0 bridgehead atoms. The summed E-state index contributed by atoms with van der Waals surface area (Å²) in [7, 11) is -3.98. The summed E-state index contributed by atoms with van der Waals surface area (Å²) in [6.07, 6.45) is 0.934. The van der Waals surface area contributed by atoms with Crippen molar-refractivity contribution in [3.05, 3.63) is 35.4 Å². The average Bonchev–Trinajstić information content (AvgIpc) is 3.00. The van der Waals surface area contributed by atoms with Crippen molar-refractivity contribution >= 4 is 16.2 Å². The lowest BCUT2D eigenvalue weighted by atomic mass is 10.1. The molecule has 6 nitrogen and oxygen atoms in total. The first-order valence-electron chi connectivity index (χ1n) is 7.67. The van der Waals surface area contributed by atoms with Gasteiger partial charge in [-0.2, -0.15) is 17.4 Å². The summed E-state index contributed by atoms with van der Waals surface area (Å²) in [5.41, 5.74) is 0.282. The average molecular weight is 362 g/mol. The fraction of sp³-hybridized carbons (Fsp3) is 0.533. The molecule has 0 unspecified atom stereocenters. The first kappa shape index (κ1) is 18.8. The molecule has 1 aromatic rings. The van der Waals surface area contributed by atoms with E-state index in [1.807, 2.05) is 0 Å². The zero-order valence-corrected chi connectivity index (χ0v) is 14.3. The van der Waals surface area contributed by atoms with Crippen LogP contribution in [0.15, 0.2) is 18.2 Å². The number of nitrogens with one attached hydrogen (secondary N) is 1. The van der Waals surface area contributed by atoms with Crippen LogP contribution >= 0.6 is 0 Å². The van der Waals surface area contributed by atoms with Gasteiger partial charge in [-0.1, -0.05) is 6.07 Å². The zero-order valence-electron chi connectivity index (χ0n) is 13.5. The number of hydrogen-bond donors (Lipinski definition) is 1. The molecule has 0 amide bonds. The number of hydrogen-bond acceptors (Lipinski definition) is 4. The van der Waals surface area contributed by atoms with Crippen molar-refractivity contribution in [1.29, 1.82) is 0 Å². The van der Waals surface area contributed by atoms with Crippen LogP contribution in [0.1, 0.15) is 38.3 Å². The van der Waals surface area contributed by atoms with E-state index in [1.54, 1.807) is 6.92 Å². The summed E-state index contributed by atoms with van der Waals surface area (Å²) in [6, 6.07) is 1.54. The SMILES string of the molecule is CCOC(=O)[C@H]1CCCN1S(=O)(=O)N[C@@H](C)c1ccc(F)c(F)c1. The molecule has 9 heteroatoms. The maximum Gasteiger partial charge on any atom is 0.324 e. The number of halogens is 2. The third kappa shape index (κ3) is 4.08. The molecule has 2 rings (SSSR count). The summed E-state index contributed by atoms with van der Waals surface area (Å²) in [4.78, 5) is 11.9. The Morgan fingerprint density at radius 1 is 1.42 bits per heavy atom. The summed E-state index contributed by atoms with van der Waals surface area (Å²) >= 11 is 0. The number of esters is 1. The summed E-state index contributed by atoms with van der Waals surface area (Å²) in [5, 5.41) is 0. The largest absolute Gasteiger partial charge is 0.465 e. The second-order valence-corrected chi connectivity index (χ2v) is 7.19. The lowest BCUT2D eigenvalue weighted by Gasteiger charge is -2.25. The van der Waals surface area contributed by atoms with E-state index in [0.717, 1.165) is 16.4 Å². The second kappa shape index (κ2) is 7.54. The number of carbonyl (C=O) groups excluding carboxylic acids is 1. The van der Waals surface area contributed by atoms with Gasteiger partial charge in [-0.05, 0) is 44.4 Å². The Kier molecular flexibility index (Phi) is 5.89. The van der Waals surface area contributed by atoms with Gasteiger partial charge in [-0.25, -0.2) is 8.78 Å². The maximum atomic E-state index is 13.3. The van der Waals surface area contributed by atoms with Crippen LogP contribution in [-0.4, -0.2) is 37.9 Å². The minimum atomic E-state index is -3.98. The Morgan fingerprint density at radius 3 is 2.75 bits per heavy atom. The van der Waals surface area contributed by atoms with E-state index >= 15 is 0 Å². The van der Waals surface area contributed by atoms with Crippen molar-refractivity contribution in [2.24, 2.45) is 0 Å². The topological polar surface area (TPSA) is 75.7 Å². The van der Waals surface area contributed by atoms with Gasteiger partial charge in [0.05, 0.1) is 6.61 Å². The van der Waals surface area contributed by atoms with E-state index in [9.17, 15) is 22.0 Å². The van der Waals surface area contributed by atoms with Crippen molar-refractivity contribution in [2.45, 2.75) is 38.8 Å². The molecule has 1 fully saturated rings. The van der Waals surface area contributed by atoms with Gasteiger partial charge in [0.1, 0.15) is 6.04 Å². The molecule has 1 aliphatic rings. The molecule has 24 heavy (non-hydrogen) atoms. The van der Waals surface area contributed by atoms with Gasteiger partial charge in [0.15, 0.2) is 11.6 Å². The summed E-state index contributed by atoms with van der Waals surface area (Å²) in [6.45, 7) is 3.53. The minimum absolute atomic E-state index is 0.169. The molecule has 1 heterocycles. The predicted molar refractivity (Wildman–Crippen MR) is 83.2 cm³/mol. The van der Waals surface area contributed by atoms with Crippen LogP contribution in [0, 0.1) is 11.6 Å². The van der Waals surface area contributed by atoms with Crippen LogP contribution in [0.25, 0.3) is 0 Å². The van der Waals surface area contributed by atoms with E-state index in [4.69, 9.17) is 4.74 Å². The van der Waals surface area contributed by atoms with Crippen molar-refractivity contribution < 1.29 is 26.7 Å². The van der Waals surface area contributed by atoms with Gasteiger partial charge >= 0.3 is 5.97 Å². The highest BCUT2D eigenvalue weighted by atomic mass is 32.2. The molecule has 2 atom stereocenters. The standard InChI is InChI=1S/C15H20F2N2O4S/c1-3-23-15(20)14-5-4-8-19(14)24(21,22)18-10(2)11-6-7-12(16)13(17)9-11/h6-7,9-10,14,18H,3-5,8H2,1-2H3/t10-,14+/m0/s1. The molecule has 134 valence electrons. The van der Waals surface area contributed by atoms with Gasteiger partial charge < -0.3 is 4.74 Å². The maximum absolute atomic E-state index is 13.3. The molecular formula is C15H20F2N2O4S. The molecule has 0 radical (unpaired) electrons. The fourth-order valence-corrected chi connectivity index (χ4v) is 4.26. The Labute approximate surface area is 140 Å². The van der Waals surface area contributed by atoms with Gasteiger partial charge in [0.25, 0.3) is 10.2 Å². The Bertz CT molecular complexity index is 711. The number of rotatable bonds is 6. The van der Waals surface area contributed by atoms with E-state index in [1.165, 1.54) is 13.0 Å². The van der Waals surface area contributed by atoms with Crippen LogP contribution in [0.4, 0.5) is 8.78 Å². The van der Waals surface area contributed by atoms with Crippen LogP contribution in [0.2, 0.25) is 0 Å². The zero-order chi connectivity index (χ0) is 17.9.